The van der Waals surface area contributed by atoms with Crippen molar-refractivity contribution in [3.05, 3.63) is 0 Å². The van der Waals surface area contributed by atoms with E-state index < -0.39 is 0 Å². The Morgan fingerprint density at radius 3 is 2.30 bits per heavy atom. The largest absolute Gasteiger partial charge is 0.464 e. The third-order valence-corrected chi connectivity index (χ3v) is 6.74. The quantitative estimate of drug-likeness (QED) is 0.633. The van der Waals surface area contributed by atoms with Gasteiger partial charge < -0.3 is 19.4 Å². The Kier molecular flexibility index (Phi) is 7.94. The lowest BCUT2D eigenvalue weighted by Crippen LogP contribution is -2.40. The Labute approximate surface area is 164 Å². The molecule has 0 saturated carbocycles. The van der Waals surface area contributed by atoms with E-state index in [-0.39, 0.29) is 11.9 Å². The lowest BCUT2D eigenvalue weighted by atomic mass is 9.79. The van der Waals surface area contributed by atoms with E-state index in [2.05, 4.69) is 16.8 Å². The number of esters is 1. The second kappa shape index (κ2) is 10.4. The molecule has 0 aromatic carbocycles. The summed E-state index contributed by atoms with van der Waals surface area (Å²) in [4.78, 5) is 30.4. The summed E-state index contributed by atoms with van der Waals surface area (Å²) in [6.45, 7) is 7.23. The van der Waals surface area contributed by atoms with Crippen LogP contribution in [0.15, 0.2) is 0 Å². The molecule has 27 heavy (non-hydrogen) atoms. The van der Waals surface area contributed by atoms with Crippen molar-refractivity contribution in [3.8, 4) is 0 Å². The molecule has 0 radical (unpaired) electrons. The molecular formula is C21H37N3O3. The highest BCUT2D eigenvalue weighted by atomic mass is 16.5. The fourth-order valence-corrected chi connectivity index (χ4v) is 4.84. The van der Waals surface area contributed by atoms with E-state index in [0.717, 1.165) is 50.9 Å². The Bertz CT molecular complexity index is 483. The third kappa shape index (κ3) is 6.46. The molecule has 3 aliphatic rings. The van der Waals surface area contributed by atoms with Gasteiger partial charge in [-0.05, 0) is 83.6 Å². The molecule has 6 heteroatoms. The van der Waals surface area contributed by atoms with Crippen molar-refractivity contribution in [3.63, 3.8) is 0 Å². The van der Waals surface area contributed by atoms with Crippen LogP contribution in [0.5, 0.6) is 0 Å². The summed E-state index contributed by atoms with van der Waals surface area (Å²) in [5, 5.41) is 0. The van der Waals surface area contributed by atoms with E-state index in [0.29, 0.717) is 26.0 Å². The topological polar surface area (TPSA) is 53.1 Å². The van der Waals surface area contributed by atoms with E-state index in [1.54, 1.807) is 0 Å². The van der Waals surface area contributed by atoms with E-state index in [1.807, 2.05) is 4.90 Å². The molecule has 0 atom stereocenters. The molecule has 0 unspecified atom stereocenters. The number of hydrogen-bond donors (Lipinski definition) is 0. The van der Waals surface area contributed by atoms with Crippen molar-refractivity contribution >= 4 is 11.9 Å². The maximum absolute atomic E-state index is 12.0. The molecule has 0 aromatic heterocycles. The van der Waals surface area contributed by atoms with Crippen LogP contribution in [0.25, 0.3) is 0 Å². The minimum atomic E-state index is -0.128. The van der Waals surface area contributed by atoms with Gasteiger partial charge in [0.1, 0.15) is 6.61 Å². The summed E-state index contributed by atoms with van der Waals surface area (Å²) in [5.74, 6) is 1.86. The molecular weight excluding hydrogens is 342 g/mol. The van der Waals surface area contributed by atoms with E-state index >= 15 is 0 Å². The van der Waals surface area contributed by atoms with Crippen molar-refractivity contribution in [2.24, 2.45) is 11.8 Å². The van der Waals surface area contributed by atoms with Crippen LogP contribution in [0.1, 0.15) is 51.4 Å². The van der Waals surface area contributed by atoms with Crippen LogP contribution in [0.4, 0.5) is 0 Å². The standard InChI is InChI=1S/C21H37N3O3/c1-22-11-5-18(6-12-22)19-7-13-23(14-8-19)15-9-21(26)27-17-16-24-10-3-2-4-20(24)25/h18-19H,2-17H2,1H3. The number of rotatable bonds is 7. The zero-order valence-electron chi connectivity index (χ0n) is 17.0. The molecule has 154 valence electrons. The van der Waals surface area contributed by atoms with Gasteiger partial charge in [-0.3, -0.25) is 9.59 Å². The second-order valence-corrected chi connectivity index (χ2v) is 8.63. The van der Waals surface area contributed by atoms with E-state index in [4.69, 9.17) is 4.74 Å². The minimum Gasteiger partial charge on any atom is -0.464 e. The van der Waals surface area contributed by atoms with Crippen LogP contribution in [0.3, 0.4) is 0 Å². The number of nitrogens with zero attached hydrogens (tertiary/aromatic N) is 3. The number of carbonyl (C=O) groups excluding carboxylic acids is 2. The molecule has 0 N–H and O–H groups in total. The van der Waals surface area contributed by atoms with Crippen LogP contribution < -0.4 is 0 Å². The first-order valence-corrected chi connectivity index (χ1v) is 11.0. The monoisotopic (exact) mass is 379 g/mol. The Morgan fingerprint density at radius 2 is 1.63 bits per heavy atom. The molecule has 3 heterocycles. The Hall–Kier alpha value is -1.14. The van der Waals surface area contributed by atoms with Crippen molar-refractivity contribution < 1.29 is 14.3 Å². The van der Waals surface area contributed by atoms with Crippen molar-refractivity contribution in [1.29, 1.82) is 0 Å². The number of piperidine rings is 3. The van der Waals surface area contributed by atoms with Crippen LogP contribution >= 0.6 is 0 Å². The van der Waals surface area contributed by atoms with Crippen molar-refractivity contribution in [2.75, 3.05) is 59.5 Å². The van der Waals surface area contributed by atoms with Gasteiger partial charge in [0.2, 0.25) is 5.91 Å². The van der Waals surface area contributed by atoms with Gasteiger partial charge in [0.25, 0.3) is 0 Å². The third-order valence-electron chi connectivity index (χ3n) is 6.74. The fraction of sp³-hybridized carbons (Fsp3) is 0.905. The highest BCUT2D eigenvalue weighted by Crippen LogP contribution is 2.32. The molecule has 6 nitrogen and oxygen atoms in total. The zero-order valence-corrected chi connectivity index (χ0v) is 17.0. The van der Waals surface area contributed by atoms with Gasteiger partial charge in [-0.2, -0.15) is 0 Å². The van der Waals surface area contributed by atoms with Crippen molar-refractivity contribution in [2.45, 2.75) is 51.4 Å². The first-order chi connectivity index (χ1) is 13.1. The van der Waals surface area contributed by atoms with Gasteiger partial charge in [0.15, 0.2) is 0 Å². The predicted molar refractivity (Wildman–Crippen MR) is 105 cm³/mol. The Morgan fingerprint density at radius 1 is 0.963 bits per heavy atom. The number of likely N-dealkylation sites (tertiary alicyclic amines) is 3. The van der Waals surface area contributed by atoms with Gasteiger partial charge in [0.05, 0.1) is 13.0 Å². The molecule has 0 spiro atoms. The van der Waals surface area contributed by atoms with Gasteiger partial charge in [-0.15, -0.1) is 0 Å². The van der Waals surface area contributed by atoms with Crippen LogP contribution in [0.2, 0.25) is 0 Å². The predicted octanol–water partition coefficient (Wildman–Crippen LogP) is 1.99. The first kappa shape index (κ1) is 20.6. The lowest BCUT2D eigenvalue weighted by Gasteiger charge is -2.39. The average molecular weight is 380 g/mol. The summed E-state index contributed by atoms with van der Waals surface area (Å²) in [6.07, 6.45) is 8.42. The minimum absolute atomic E-state index is 0.128. The maximum Gasteiger partial charge on any atom is 0.307 e. The van der Waals surface area contributed by atoms with Crippen LogP contribution in [0, 0.1) is 11.8 Å². The number of ether oxygens (including phenoxy) is 1. The SMILES string of the molecule is CN1CCC(C2CCN(CCC(=O)OCCN3CCCCC3=O)CC2)CC1. The van der Waals surface area contributed by atoms with Crippen LogP contribution in [-0.2, 0) is 14.3 Å². The molecule has 0 aromatic rings. The molecule has 3 rings (SSSR count). The summed E-state index contributed by atoms with van der Waals surface area (Å²) in [6, 6.07) is 0. The highest BCUT2D eigenvalue weighted by Gasteiger charge is 2.28. The molecule has 1 amide bonds. The molecule has 0 aliphatic carbocycles. The second-order valence-electron chi connectivity index (χ2n) is 8.63. The molecule has 3 saturated heterocycles. The molecule has 3 aliphatic heterocycles. The van der Waals surface area contributed by atoms with Crippen LogP contribution in [-0.4, -0.2) is 86.0 Å². The summed E-state index contributed by atoms with van der Waals surface area (Å²) in [5.41, 5.74) is 0. The van der Waals surface area contributed by atoms with Crippen molar-refractivity contribution in [1.82, 2.24) is 14.7 Å². The number of hydrogen-bond acceptors (Lipinski definition) is 5. The number of amides is 1. The van der Waals surface area contributed by atoms with Gasteiger partial charge in [-0.1, -0.05) is 0 Å². The smallest absolute Gasteiger partial charge is 0.307 e. The normalized spacial score (nSPS) is 24.3. The average Bonchev–Trinajstić information content (AvgIpc) is 2.69. The number of carbonyl (C=O) groups is 2. The first-order valence-electron chi connectivity index (χ1n) is 11.0. The lowest BCUT2D eigenvalue weighted by molar-refractivity contribution is -0.146. The Balaban J connectivity index is 1.25. The molecule has 0 bridgehead atoms. The van der Waals surface area contributed by atoms with Gasteiger partial charge >= 0.3 is 5.97 Å². The van der Waals surface area contributed by atoms with E-state index in [9.17, 15) is 9.59 Å². The summed E-state index contributed by atoms with van der Waals surface area (Å²) in [7, 11) is 2.22. The zero-order chi connectivity index (χ0) is 19.1. The van der Waals surface area contributed by atoms with Gasteiger partial charge in [-0.25, -0.2) is 0 Å². The summed E-state index contributed by atoms with van der Waals surface area (Å²) >= 11 is 0. The van der Waals surface area contributed by atoms with Gasteiger partial charge in [0, 0.05) is 19.5 Å². The maximum atomic E-state index is 12.0. The fourth-order valence-electron chi connectivity index (χ4n) is 4.84. The molecule has 3 fully saturated rings. The summed E-state index contributed by atoms with van der Waals surface area (Å²) < 4.78 is 5.35. The highest BCUT2D eigenvalue weighted by molar-refractivity contribution is 5.76. The van der Waals surface area contributed by atoms with E-state index in [1.165, 1.54) is 38.8 Å².